The Morgan fingerprint density at radius 3 is 2.68 bits per heavy atom. The molecule has 1 aromatic carbocycles. The van der Waals surface area contributed by atoms with E-state index < -0.39 is 11.0 Å². The first-order valence-corrected chi connectivity index (χ1v) is 6.55. The molecule has 0 aromatic heterocycles. The molecule has 2 unspecified atom stereocenters. The quantitative estimate of drug-likeness (QED) is 0.608. The van der Waals surface area contributed by atoms with E-state index in [4.69, 9.17) is 0 Å². The Hall–Kier alpha value is -1.46. The molecule has 0 fully saturated rings. The number of hydrogen-bond acceptors (Lipinski definition) is 4. The summed E-state index contributed by atoms with van der Waals surface area (Å²) in [6.07, 6.45) is 0.394. The third-order valence-electron chi connectivity index (χ3n) is 3.27. The summed E-state index contributed by atoms with van der Waals surface area (Å²) in [4.78, 5) is 12.3. The molecule has 0 radical (unpaired) electrons. The summed E-state index contributed by atoms with van der Waals surface area (Å²) >= 11 is 0. The lowest BCUT2D eigenvalue weighted by Gasteiger charge is -2.23. The normalized spacial score (nSPS) is 14.4. The van der Waals surface area contributed by atoms with Gasteiger partial charge in [-0.05, 0) is 18.5 Å². The van der Waals surface area contributed by atoms with Crippen molar-refractivity contribution < 1.29 is 10.0 Å². The van der Waals surface area contributed by atoms with Gasteiger partial charge in [-0.3, -0.25) is 10.1 Å². The number of non-ortho nitro benzene ring substituents is 1. The van der Waals surface area contributed by atoms with E-state index in [0.29, 0.717) is 18.0 Å². The molecule has 0 saturated carbocycles. The lowest BCUT2D eigenvalue weighted by molar-refractivity contribution is -0.385. The molecule has 1 N–H and O–H groups in total. The maximum Gasteiger partial charge on any atom is 0.269 e. The van der Waals surface area contributed by atoms with Crippen molar-refractivity contribution in [3.63, 3.8) is 0 Å². The molecule has 5 nitrogen and oxygen atoms in total. The Morgan fingerprint density at radius 2 is 2.11 bits per heavy atom. The molecule has 1 aromatic rings. The van der Waals surface area contributed by atoms with Crippen molar-refractivity contribution in [2.45, 2.75) is 26.4 Å². The van der Waals surface area contributed by atoms with Crippen LogP contribution in [0.15, 0.2) is 24.3 Å². The number of rotatable bonds is 7. The van der Waals surface area contributed by atoms with E-state index in [1.54, 1.807) is 12.1 Å². The molecule has 0 saturated heterocycles. The monoisotopic (exact) mass is 266 g/mol. The Balaban J connectivity index is 2.64. The predicted octanol–water partition coefficient (Wildman–Crippen LogP) is 2.61. The number of nitro groups is 1. The average molecular weight is 266 g/mol. The molecule has 106 valence electrons. The lowest BCUT2D eigenvalue weighted by atomic mass is 10.1. The zero-order valence-corrected chi connectivity index (χ0v) is 11.7. The van der Waals surface area contributed by atoms with Gasteiger partial charge in [0.05, 0.1) is 11.0 Å². The van der Waals surface area contributed by atoms with Crippen LogP contribution in [0.5, 0.6) is 0 Å². The van der Waals surface area contributed by atoms with Crippen LogP contribution in [0.1, 0.15) is 31.9 Å². The molecule has 0 spiro atoms. The maximum absolute atomic E-state index is 10.7. The van der Waals surface area contributed by atoms with Gasteiger partial charge in [0.2, 0.25) is 0 Å². The Kier molecular flexibility index (Phi) is 5.92. The van der Waals surface area contributed by atoms with E-state index in [1.807, 2.05) is 7.05 Å². The van der Waals surface area contributed by atoms with E-state index in [1.165, 1.54) is 12.1 Å². The number of hydrogen-bond donors (Lipinski definition) is 1. The van der Waals surface area contributed by atoms with Crippen LogP contribution in [0.3, 0.4) is 0 Å². The van der Waals surface area contributed by atoms with Gasteiger partial charge in [-0.25, -0.2) is 0 Å². The molecule has 1 rings (SSSR count). The smallest absolute Gasteiger partial charge is 0.269 e. The zero-order chi connectivity index (χ0) is 14.4. The largest absolute Gasteiger partial charge is 0.387 e. The standard InChI is InChI=1S/C14H22N2O3/c1-4-11(2)9-15(3)10-14(17)12-6-5-7-13(8-12)16(18)19/h5-8,11,14,17H,4,9-10H2,1-3H3. The average Bonchev–Trinajstić information content (AvgIpc) is 2.38. The highest BCUT2D eigenvalue weighted by Gasteiger charge is 2.15. The van der Waals surface area contributed by atoms with Crippen molar-refractivity contribution in [2.24, 2.45) is 5.92 Å². The number of nitro benzene ring substituents is 1. The Labute approximate surface area is 114 Å². The first kappa shape index (κ1) is 15.6. The van der Waals surface area contributed by atoms with Crippen molar-refractivity contribution in [3.8, 4) is 0 Å². The van der Waals surface area contributed by atoms with Gasteiger partial charge in [0, 0.05) is 25.2 Å². The van der Waals surface area contributed by atoms with Gasteiger partial charge in [-0.1, -0.05) is 32.4 Å². The summed E-state index contributed by atoms with van der Waals surface area (Å²) in [6, 6.07) is 6.18. The summed E-state index contributed by atoms with van der Waals surface area (Å²) < 4.78 is 0. The summed E-state index contributed by atoms with van der Waals surface area (Å²) in [5, 5.41) is 20.8. The van der Waals surface area contributed by atoms with Gasteiger partial charge in [0.25, 0.3) is 5.69 Å². The minimum atomic E-state index is -0.700. The third kappa shape index (κ3) is 4.96. The SMILES string of the molecule is CCC(C)CN(C)CC(O)c1cccc([N+](=O)[O-])c1. The highest BCUT2D eigenvalue weighted by atomic mass is 16.6. The Morgan fingerprint density at radius 1 is 1.42 bits per heavy atom. The van der Waals surface area contributed by atoms with Crippen molar-refractivity contribution in [2.75, 3.05) is 20.1 Å². The summed E-state index contributed by atoms with van der Waals surface area (Å²) in [5.41, 5.74) is 0.603. The minimum Gasteiger partial charge on any atom is -0.387 e. The van der Waals surface area contributed by atoms with Crippen LogP contribution in [-0.2, 0) is 0 Å². The van der Waals surface area contributed by atoms with E-state index in [2.05, 4.69) is 18.7 Å². The molecule has 5 heteroatoms. The fraction of sp³-hybridized carbons (Fsp3) is 0.571. The Bertz CT molecular complexity index is 423. The first-order valence-electron chi connectivity index (χ1n) is 6.55. The van der Waals surface area contributed by atoms with Crippen LogP contribution in [0.4, 0.5) is 5.69 Å². The van der Waals surface area contributed by atoms with Gasteiger partial charge in [-0.15, -0.1) is 0 Å². The first-order chi connectivity index (χ1) is 8.93. The van der Waals surface area contributed by atoms with Crippen LogP contribution in [0.2, 0.25) is 0 Å². The fourth-order valence-electron chi connectivity index (χ4n) is 1.98. The highest BCUT2D eigenvalue weighted by Crippen LogP contribution is 2.20. The topological polar surface area (TPSA) is 66.6 Å². The molecule has 0 aliphatic heterocycles. The number of likely N-dealkylation sites (N-methyl/N-ethyl adjacent to an activating group) is 1. The van der Waals surface area contributed by atoms with Gasteiger partial charge in [-0.2, -0.15) is 0 Å². The van der Waals surface area contributed by atoms with E-state index in [9.17, 15) is 15.2 Å². The number of benzene rings is 1. The second kappa shape index (κ2) is 7.21. The van der Waals surface area contributed by atoms with Crippen LogP contribution in [0, 0.1) is 16.0 Å². The van der Waals surface area contributed by atoms with E-state index >= 15 is 0 Å². The number of aliphatic hydroxyl groups is 1. The second-order valence-electron chi connectivity index (χ2n) is 5.10. The molecule has 19 heavy (non-hydrogen) atoms. The van der Waals surface area contributed by atoms with E-state index in [0.717, 1.165) is 13.0 Å². The molecule has 2 atom stereocenters. The summed E-state index contributed by atoms with van der Waals surface area (Å²) in [6.45, 7) is 5.68. The molecular weight excluding hydrogens is 244 g/mol. The number of aliphatic hydroxyl groups excluding tert-OH is 1. The molecule has 0 heterocycles. The van der Waals surface area contributed by atoms with Crippen LogP contribution < -0.4 is 0 Å². The van der Waals surface area contributed by atoms with Crippen LogP contribution >= 0.6 is 0 Å². The molecular formula is C14H22N2O3. The maximum atomic E-state index is 10.7. The summed E-state index contributed by atoms with van der Waals surface area (Å²) in [5.74, 6) is 0.572. The molecule has 0 aliphatic carbocycles. The van der Waals surface area contributed by atoms with Gasteiger partial charge in [0.15, 0.2) is 0 Å². The van der Waals surface area contributed by atoms with Crippen LogP contribution in [-0.4, -0.2) is 35.1 Å². The van der Waals surface area contributed by atoms with Crippen molar-refractivity contribution in [1.29, 1.82) is 0 Å². The lowest BCUT2D eigenvalue weighted by Crippen LogP contribution is -2.28. The summed E-state index contributed by atoms with van der Waals surface area (Å²) in [7, 11) is 1.95. The molecule has 0 amide bonds. The van der Waals surface area contributed by atoms with Crippen LogP contribution in [0.25, 0.3) is 0 Å². The van der Waals surface area contributed by atoms with Gasteiger partial charge in [0.1, 0.15) is 0 Å². The van der Waals surface area contributed by atoms with Gasteiger partial charge >= 0.3 is 0 Å². The third-order valence-corrected chi connectivity index (χ3v) is 3.27. The van der Waals surface area contributed by atoms with Crippen molar-refractivity contribution in [1.82, 2.24) is 4.90 Å². The van der Waals surface area contributed by atoms with Crippen molar-refractivity contribution >= 4 is 5.69 Å². The second-order valence-corrected chi connectivity index (χ2v) is 5.10. The fourth-order valence-corrected chi connectivity index (χ4v) is 1.98. The predicted molar refractivity (Wildman–Crippen MR) is 75.0 cm³/mol. The van der Waals surface area contributed by atoms with E-state index in [-0.39, 0.29) is 5.69 Å². The molecule has 0 bridgehead atoms. The highest BCUT2D eigenvalue weighted by molar-refractivity contribution is 5.35. The zero-order valence-electron chi connectivity index (χ0n) is 11.7. The van der Waals surface area contributed by atoms with Crippen molar-refractivity contribution in [3.05, 3.63) is 39.9 Å². The number of nitrogens with zero attached hydrogens (tertiary/aromatic N) is 2. The van der Waals surface area contributed by atoms with Gasteiger partial charge < -0.3 is 10.0 Å². The minimum absolute atomic E-state index is 0.0149. The molecule has 0 aliphatic rings.